The van der Waals surface area contributed by atoms with E-state index in [0.717, 1.165) is 28.7 Å². The van der Waals surface area contributed by atoms with Crippen molar-refractivity contribution in [2.24, 2.45) is 0 Å². The van der Waals surface area contributed by atoms with Crippen LogP contribution in [0, 0.1) is 0 Å². The molecular formula is C22H30O2. The molecule has 0 bridgehead atoms. The van der Waals surface area contributed by atoms with Crippen LogP contribution in [-0.4, -0.2) is 10.2 Å². The molecule has 0 heterocycles. The fourth-order valence-electron chi connectivity index (χ4n) is 3.07. The Morgan fingerprint density at radius 1 is 0.792 bits per heavy atom. The molecule has 0 atom stereocenters. The van der Waals surface area contributed by atoms with E-state index in [0.29, 0.717) is 5.75 Å². The van der Waals surface area contributed by atoms with E-state index in [1.165, 1.54) is 5.56 Å². The van der Waals surface area contributed by atoms with E-state index in [4.69, 9.17) is 0 Å². The molecule has 0 aliphatic rings. The maximum absolute atomic E-state index is 10.9. The van der Waals surface area contributed by atoms with Crippen molar-refractivity contribution in [2.45, 2.75) is 65.7 Å². The number of hydrogen-bond acceptors (Lipinski definition) is 2. The highest BCUT2D eigenvalue weighted by molar-refractivity contribution is 5.73. The number of hydrogen-bond donors (Lipinski definition) is 2. The minimum Gasteiger partial charge on any atom is -0.508 e. The van der Waals surface area contributed by atoms with Crippen LogP contribution in [0.3, 0.4) is 0 Å². The fraction of sp³-hybridized carbons (Fsp3) is 0.455. The molecule has 0 amide bonds. The average Bonchev–Trinajstić information content (AvgIpc) is 2.45. The molecule has 0 aliphatic carbocycles. The summed E-state index contributed by atoms with van der Waals surface area (Å²) in [5.41, 5.74) is 4.83. The van der Waals surface area contributed by atoms with E-state index < -0.39 is 0 Å². The molecule has 0 radical (unpaired) electrons. The van der Waals surface area contributed by atoms with Gasteiger partial charge in [0.05, 0.1) is 0 Å². The molecule has 0 fully saturated rings. The topological polar surface area (TPSA) is 40.5 Å². The Morgan fingerprint density at radius 2 is 1.29 bits per heavy atom. The highest BCUT2D eigenvalue weighted by Gasteiger charge is 2.27. The molecule has 2 rings (SSSR count). The number of phenols is 2. The summed E-state index contributed by atoms with van der Waals surface area (Å²) in [6.07, 6.45) is 0.895. The predicted octanol–water partition coefficient (Wildman–Crippen LogP) is 5.92. The highest BCUT2D eigenvalue weighted by atomic mass is 16.3. The van der Waals surface area contributed by atoms with Gasteiger partial charge in [0.1, 0.15) is 11.5 Å². The average molecular weight is 326 g/mol. The third-order valence-electron chi connectivity index (χ3n) is 4.51. The van der Waals surface area contributed by atoms with Gasteiger partial charge in [-0.2, -0.15) is 0 Å². The largest absolute Gasteiger partial charge is 0.508 e. The van der Waals surface area contributed by atoms with Gasteiger partial charge in [-0.3, -0.25) is 0 Å². The van der Waals surface area contributed by atoms with E-state index in [9.17, 15) is 10.2 Å². The van der Waals surface area contributed by atoms with Crippen molar-refractivity contribution in [3.63, 3.8) is 0 Å². The number of aryl methyl sites for hydroxylation is 1. The van der Waals surface area contributed by atoms with E-state index in [-0.39, 0.29) is 16.6 Å². The lowest BCUT2D eigenvalue weighted by Gasteiger charge is -2.28. The van der Waals surface area contributed by atoms with Gasteiger partial charge < -0.3 is 10.2 Å². The van der Waals surface area contributed by atoms with Crippen LogP contribution >= 0.6 is 0 Å². The van der Waals surface area contributed by atoms with Crippen LogP contribution in [0.1, 0.15) is 65.2 Å². The molecule has 0 aliphatic heterocycles. The number of rotatable bonds is 2. The quantitative estimate of drug-likeness (QED) is 0.719. The van der Waals surface area contributed by atoms with E-state index in [1.807, 2.05) is 12.1 Å². The van der Waals surface area contributed by atoms with Gasteiger partial charge in [-0.25, -0.2) is 0 Å². The molecule has 2 aromatic carbocycles. The van der Waals surface area contributed by atoms with Crippen LogP contribution in [0.2, 0.25) is 0 Å². The Morgan fingerprint density at radius 3 is 1.71 bits per heavy atom. The lowest BCUT2D eigenvalue weighted by Crippen LogP contribution is -2.17. The SMILES string of the molecule is CCc1ccc(O)cc1-c1cc(C(C)(C)C)c(O)c(C(C)(C)C)c1. The number of benzene rings is 2. The van der Waals surface area contributed by atoms with Gasteiger partial charge in [0.2, 0.25) is 0 Å². The predicted molar refractivity (Wildman–Crippen MR) is 102 cm³/mol. The smallest absolute Gasteiger partial charge is 0.123 e. The van der Waals surface area contributed by atoms with Crippen LogP contribution in [0.4, 0.5) is 0 Å². The molecule has 24 heavy (non-hydrogen) atoms. The monoisotopic (exact) mass is 326 g/mol. The zero-order valence-electron chi connectivity index (χ0n) is 16.0. The van der Waals surface area contributed by atoms with Gasteiger partial charge in [0, 0.05) is 11.1 Å². The molecular weight excluding hydrogens is 296 g/mol. The second-order valence-electron chi connectivity index (χ2n) is 8.61. The van der Waals surface area contributed by atoms with Gasteiger partial charge in [0.15, 0.2) is 0 Å². The summed E-state index contributed by atoms with van der Waals surface area (Å²) in [5.74, 6) is 0.654. The molecule has 2 heteroatoms. The molecule has 0 saturated carbocycles. The third-order valence-corrected chi connectivity index (χ3v) is 4.51. The summed E-state index contributed by atoms with van der Waals surface area (Å²) in [4.78, 5) is 0. The first kappa shape index (κ1) is 18.4. The fourth-order valence-corrected chi connectivity index (χ4v) is 3.07. The lowest BCUT2D eigenvalue weighted by atomic mass is 9.77. The van der Waals surface area contributed by atoms with Crippen molar-refractivity contribution in [2.75, 3.05) is 0 Å². The standard InChI is InChI=1S/C22H30O2/c1-8-14-9-10-16(23)13-17(14)15-11-18(21(2,3)4)20(24)19(12-15)22(5,6)7/h9-13,23-24H,8H2,1-7H3. The molecule has 0 aromatic heterocycles. The molecule has 2 nitrogen and oxygen atoms in total. The maximum atomic E-state index is 10.9. The van der Waals surface area contributed by atoms with Crippen LogP contribution in [0.15, 0.2) is 30.3 Å². The first-order valence-electron chi connectivity index (χ1n) is 8.65. The van der Waals surface area contributed by atoms with Gasteiger partial charge in [-0.15, -0.1) is 0 Å². The van der Waals surface area contributed by atoms with Gasteiger partial charge in [-0.05, 0) is 58.2 Å². The van der Waals surface area contributed by atoms with Crippen molar-refractivity contribution in [1.29, 1.82) is 0 Å². The Labute approximate surface area is 146 Å². The molecule has 0 saturated heterocycles. The van der Waals surface area contributed by atoms with Gasteiger partial charge >= 0.3 is 0 Å². The minimum atomic E-state index is -0.163. The van der Waals surface area contributed by atoms with E-state index in [1.54, 1.807) is 6.07 Å². The zero-order chi connectivity index (χ0) is 18.3. The Bertz CT molecular complexity index is 709. The number of aromatic hydroxyl groups is 2. The Hall–Kier alpha value is -1.96. The van der Waals surface area contributed by atoms with Crippen molar-refractivity contribution < 1.29 is 10.2 Å². The normalized spacial score (nSPS) is 12.5. The molecule has 0 unspecified atom stereocenters. The minimum absolute atomic E-state index is 0.163. The van der Waals surface area contributed by atoms with Crippen molar-refractivity contribution >= 4 is 0 Å². The van der Waals surface area contributed by atoms with E-state index in [2.05, 4.69) is 60.6 Å². The Kier molecular flexibility index (Phi) is 4.72. The van der Waals surface area contributed by atoms with Crippen molar-refractivity contribution in [1.82, 2.24) is 0 Å². The summed E-state index contributed by atoms with van der Waals surface area (Å²) in [5, 5.41) is 20.8. The first-order valence-corrected chi connectivity index (χ1v) is 8.65. The van der Waals surface area contributed by atoms with Gasteiger partial charge in [0.25, 0.3) is 0 Å². The summed E-state index contributed by atoms with van der Waals surface area (Å²) < 4.78 is 0. The summed E-state index contributed by atoms with van der Waals surface area (Å²) in [6, 6.07) is 9.67. The summed E-state index contributed by atoms with van der Waals surface area (Å²) in [6.45, 7) is 14.8. The van der Waals surface area contributed by atoms with Crippen molar-refractivity contribution in [3.8, 4) is 22.6 Å². The van der Waals surface area contributed by atoms with E-state index >= 15 is 0 Å². The maximum Gasteiger partial charge on any atom is 0.123 e. The third kappa shape index (κ3) is 3.58. The highest BCUT2D eigenvalue weighted by Crippen LogP contribution is 2.42. The second-order valence-corrected chi connectivity index (χ2v) is 8.61. The lowest BCUT2D eigenvalue weighted by molar-refractivity contribution is 0.423. The zero-order valence-corrected chi connectivity index (χ0v) is 16.0. The summed E-state index contributed by atoms with van der Waals surface area (Å²) in [7, 11) is 0. The first-order chi connectivity index (χ1) is 10.9. The Balaban J connectivity index is 2.84. The molecule has 130 valence electrons. The second kappa shape index (κ2) is 6.16. The van der Waals surface area contributed by atoms with Crippen LogP contribution in [-0.2, 0) is 17.3 Å². The molecule has 0 spiro atoms. The van der Waals surface area contributed by atoms with Crippen molar-refractivity contribution in [3.05, 3.63) is 47.0 Å². The summed E-state index contributed by atoms with van der Waals surface area (Å²) >= 11 is 0. The molecule has 2 N–H and O–H groups in total. The van der Waals surface area contributed by atoms with Crippen LogP contribution < -0.4 is 0 Å². The van der Waals surface area contributed by atoms with Crippen LogP contribution in [0.5, 0.6) is 11.5 Å². The van der Waals surface area contributed by atoms with Crippen LogP contribution in [0.25, 0.3) is 11.1 Å². The van der Waals surface area contributed by atoms with Gasteiger partial charge in [-0.1, -0.05) is 54.5 Å². The number of phenolic OH excluding ortho intramolecular Hbond substituents is 2. The molecule has 2 aromatic rings.